The molecule has 0 amide bonds. The van der Waals surface area contributed by atoms with Crippen LogP contribution in [0.15, 0.2) is 0 Å². The van der Waals surface area contributed by atoms with Crippen molar-refractivity contribution in [3.8, 4) is 0 Å². The van der Waals surface area contributed by atoms with E-state index in [-0.39, 0.29) is 0 Å². The Hall–Kier alpha value is -0.0400. The molecular formula is C6H13O. The van der Waals surface area contributed by atoms with Gasteiger partial charge in [0, 0.05) is 0 Å². The van der Waals surface area contributed by atoms with Crippen molar-refractivity contribution < 1.29 is 5.11 Å². The number of rotatable bonds is 2. The van der Waals surface area contributed by atoms with Gasteiger partial charge < -0.3 is 5.11 Å². The molecule has 0 bridgehead atoms. The minimum absolute atomic E-state index is 0.512. The van der Waals surface area contributed by atoms with Gasteiger partial charge in [-0.1, -0.05) is 13.3 Å². The summed E-state index contributed by atoms with van der Waals surface area (Å²) in [5.41, 5.74) is -0.512. The Morgan fingerprint density at radius 3 is 2.00 bits per heavy atom. The lowest BCUT2D eigenvalue weighted by atomic mass is 10.0. The molecule has 43 valence electrons. The first kappa shape index (κ1) is 6.96. The van der Waals surface area contributed by atoms with E-state index in [9.17, 15) is 0 Å². The standard InChI is InChI=1S/C6H13O/c1-4-5-6(2,3)7/h7H,1,4-5H2,2-3H3. The van der Waals surface area contributed by atoms with Crippen molar-refractivity contribution in [3.05, 3.63) is 6.92 Å². The minimum atomic E-state index is -0.512. The largest absolute Gasteiger partial charge is 0.390 e. The Bertz CT molecular complexity index is 42.6. The molecule has 0 aromatic heterocycles. The van der Waals surface area contributed by atoms with Crippen LogP contribution in [0.4, 0.5) is 0 Å². The van der Waals surface area contributed by atoms with Gasteiger partial charge in [0.15, 0.2) is 0 Å². The summed E-state index contributed by atoms with van der Waals surface area (Å²) in [6, 6.07) is 0. The predicted octanol–water partition coefficient (Wildman–Crippen LogP) is 1.37. The van der Waals surface area contributed by atoms with Gasteiger partial charge in [-0.05, 0) is 20.3 Å². The second-order valence-electron chi connectivity index (χ2n) is 2.42. The van der Waals surface area contributed by atoms with Crippen molar-refractivity contribution in [2.45, 2.75) is 32.3 Å². The smallest absolute Gasteiger partial charge is 0.0591 e. The van der Waals surface area contributed by atoms with Crippen LogP contribution in [0.3, 0.4) is 0 Å². The third kappa shape index (κ3) is 5.96. The van der Waals surface area contributed by atoms with Crippen molar-refractivity contribution in [1.82, 2.24) is 0 Å². The Balaban J connectivity index is 3.15. The molecule has 1 radical (unpaired) electrons. The summed E-state index contributed by atoms with van der Waals surface area (Å²) in [6.07, 6.45) is 1.59. The summed E-state index contributed by atoms with van der Waals surface area (Å²) in [5.74, 6) is 0. The molecule has 0 fully saturated rings. The average molecular weight is 101 g/mol. The normalized spacial score (nSPS) is 12.0. The lowest BCUT2D eigenvalue weighted by molar-refractivity contribution is 0.0720. The van der Waals surface area contributed by atoms with E-state index in [1.54, 1.807) is 13.8 Å². The second kappa shape index (κ2) is 2.31. The second-order valence-corrected chi connectivity index (χ2v) is 2.42. The van der Waals surface area contributed by atoms with Crippen LogP contribution in [0.2, 0.25) is 0 Å². The highest BCUT2D eigenvalue weighted by atomic mass is 16.3. The van der Waals surface area contributed by atoms with Gasteiger partial charge in [0.05, 0.1) is 5.60 Å². The van der Waals surface area contributed by atoms with E-state index in [0.29, 0.717) is 0 Å². The van der Waals surface area contributed by atoms with Gasteiger partial charge in [-0.25, -0.2) is 0 Å². The molecule has 0 aliphatic rings. The van der Waals surface area contributed by atoms with Crippen molar-refractivity contribution >= 4 is 0 Å². The van der Waals surface area contributed by atoms with Crippen LogP contribution in [0.1, 0.15) is 26.7 Å². The van der Waals surface area contributed by atoms with Crippen LogP contribution in [0, 0.1) is 6.92 Å². The van der Waals surface area contributed by atoms with E-state index in [2.05, 4.69) is 6.92 Å². The Morgan fingerprint density at radius 2 is 2.00 bits per heavy atom. The molecule has 0 aliphatic heterocycles. The van der Waals surface area contributed by atoms with Gasteiger partial charge >= 0.3 is 0 Å². The quantitative estimate of drug-likeness (QED) is 0.557. The maximum Gasteiger partial charge on any atom is 0.0591 e. The first-order valence-corrected chi connectivity index (χ1v) is 2.58. The zero-order chi connectivity index (χ0) is 5.91. The molecule has 0 aromatic rings. The number of hydrogen-bond donors (Lipinski definition) is 1. The molecule has 0 unspecified atom stereocenters. The van der Waals surface area contributed by atoms with Crippen LogP contribution >= 0.6 is 0 Å². The first-order chi connectivity index (χ1) is 3.06. The van der Waals surface area contributed by atoms with Crippen LogP contribution < -0.4 is 0 Å². The molecular weight excluding hydrogens is 88.1 g/mol. The molecule has 0 aromatic carbocycles. The topological polar surface area (TPSA) is 20.2 Å². The maximum atomic E-state index is 8.98. The molecule has 1 nitrogen and oxygen atoms in total. The zero-order valence-electron chi connectivity index (χ0n) is 5.07. The Morgan fingerprint density at radius 1 is 1.57 bits per heavy atom. The van der Waals surface area contributed by atoms with Crippen molar-refractivity contribution in [2.75, 3.05) is 0 Å². The van der Waals surface area contributed by atoms with Crippen LogP contribution in [-0.2, 0) is 0 Å². The third-order valence-corrected chi connectivity index (χ3v) is 0.789. The molecule has 7 heavy (non-hydrogen) atoms. The summed E-state index contributed by atoms with van der Waals surface area (Å²) in [5, 5.41) is 8.98. The van der Waals surface area contributed by atoms with Gasteiger partial charge in [0.2, 0.25) is 0 Å². The molecule has 0 aliphatic carbocycles. The summed E-state index contributed by atoms with van der Waals surface area (Å²) < 4.78 is 0. The molecule has 0 rings (SSSR count). The highest BCUT2D eigenvalue weighted by Crippen LogP contribution is 2.07. The predicted molar refractivity (Wildman–Crippen MR) is 30.9 cm³/mol. The SMILES string of the molecule is [CH2]CCC(C)(C)O. The fourth-order valence-electron chi connectivity index (χ4n) is 0.433. The van der Waals surface area contributed by atoms with E-state index in [0.717, 1.165) is 12.8 Å². The Labute approximate surface area is 45.4 Å². The van der Waals surface area contributed by atoms with Gasteiger partial charge in [0.25, 0.3) is 0 Å². The lowest BCUT2D eigenvalue weighted by Gasteiger charge is -2.14. The van der Waals surface area contributed by atoms with Gasteiger partial charge in [-0.2, -0.15) is 0 Å². The van der Waals surface area contributed by atoms with Crippen molar-refractivity contribution in [1.29, 1.82) is 0 Å². The van der Waals surface area contributed by atoms with Gasteiger partial charge in [-0.15, -0.1) is 0 Å². The van der Waals surface area contributed by atoms with E-state index in [4.69, 9.17) is 5.11 Å². The highest BCUT2D eigenvalue weighted by Gasteiger charge is 2.08. The average Bonchev–Trinajstić information content (AvgIpc) is 1.30. The summed E-state index contributed by atoms with van der Waals surface area (Å²) in [4.78, 5) is 0. The molecule has 0 atom stereocenters. The summed E-state index contributed by atoms with van der Waals surface area (Å²) >= 11 is 0. The van der Waals surface area contributed by atoms with Crippen molar-refractivity contribution in [3.63, 3.8) is 0 Å². The van der Waals surface area contributed by atoms with Gasteiger partial charge in [-0.3, -0.25) is 0 Å². The fourth-order valence-corrected chi connectivity index (χ4v) is 0.433. The molecule has 0 spiro atoms. The van der Waals surface area contributed by atoms with E-state index in [1.165, 1.54) is 0 Å². The molecule has 0 heterocycles. The molecule has 0 saturated heterocycles. The minimum Gasteiger partial charge on any atom is -0.390 e. The van der Waals surface area contributed by atoms with E-state index in [1.807, 2.05) is 0 Å². The third-order valence-electron chi connectivity index (χ3n) is 0.789. The van der Waals surface area contributed by atoms with Crippen LogP contribution in [0.5, 0.6) is 0 Å². The van der Waals surface area contributed by atoms with Crippen molar-refractivity contribution in [2.24, 2.45) is 0 Å². The van der Waals surface area contributed by atoms with Crippen LogP contribution in [-0.4, -0.2) is 10.7 Å². The molecule has 0 saturated carbocycles. The molecule has 1 N–H and O–H groups in total. The molecule has 1 heteroatoms. The fraction of sp³-hybridized carbons (Fsp3) is 0.833. The monoisotopic (exact) mass is 101 g/mol. The number of aliphatic hydroxyl groups is 1. The maximum absolute atomic E-state index is 8.98. The zero-order valence-corrected chi connectivity index (χ0v) is 5.07. The van der Waals surface area contributed by atoms with E-state index < -0.39 is 5.60 Å². The summed E-state index contributed by atoms with van der Waals surface area (Å²) in [7, 11) is 0. The van der Waals surface area contributed by atoms with Gasteiger partial charge in [0.1, 0.15) is 0 Å². The lowest BCUT2D eigenvalue weighted by Crippen LogP contribution is -2.17. The van der Waals surface area contributed by atoms with E-state index >= 15 is 0 Å². The first-order valence-electron chi connectivity index (χ1n) is 2.58. The van der Waals surface area contributed by atoms with Crippen LogP contribution in [0.25, 0.3) is 0 Å². The Kier molecular flexibility index (Phi) is 2.30. The summed E-state index contributed by atoms with van der Waals surface area (Å²) in [6.45, 7) is 7.19. The number of hydrogen-bond acceptors (Lipinski definition) is 1. The highest BCUT2D eigenvalue weighted by molar-refractivity contribution is 4.64.